The number of hydrogen-bond donors (Lipinski definition) is 0. The minimum atomic E-state index is -0.715. The van der Waals surface area contributed by atoms with E-state index in [4.69, 9.17) is 4.74 Å². The van der Waals surface area contributed by atoms with Crippen molar-refractivity contribution >= 4 is 29.4 Å². The quantitative estimate of drug-likeness (QED) is 0.412. The monoisotopic (exact) mass is 416 g/mol. The summed E-state index contributed by atoms with van der Waals surface area (Å²) in [6.45, 7) is 0.791. The molecule has 2 fully saturated rings. The van der Waals surface area contributed by atoms with Crippen LogP contribution < -0.4 is 4.90 Å². The highest BCUT2D eigenvalue weighted by molar-refractivity contribution is 6.14. The lowest BCUT2D eigenvalue weighted by molar-refractivity contribution is -0.140. The number of para-hydroxylation sites is 1. The lowest BCUT2D eigenvalue weighted by Crippen LogP contribution is -2.48. The molecule has 0 saturated carbocycles. The Balaban J connectivity index is 1.58. The van der Waals surface area contributed by atoms with Crippen LogP contribution in [0.3, 0.4) is 0 Å². The van der Waals surface area contributed by atoms with Crippen LogP contribution in [0.15, 0.2) is 60.7 Å². The predicted octanol–water partition coefficient (Wildman–Crippen LogP) is 2.79. The largest absolute Gasteiger partial charge is 0.385 e. The van der Waals surface area contributed by atoms with E-state index in [0.717, 1.165) is 11.3 Å². The normalized spacial score (nSPS) is 26.1. The van der Waals surface area contributed by atoms with Crippen molar-refractivity contribution in [3.8, 4) is 0 Å². The molecule has 0 N–H and O–H groups in total. The van der Waals surface area contributed by atoms with E-state index in [1.807, 2.05) is 59.5 Å². The summed E-state index contributed by atoms with van der Waals surface area (Å²) in [5.41, 5.74) is 2.43. The minimum Gasteiger partial charge on any atom is -0.385 e. The van der Waals surface area contributed by atoms with E-state index in [1.54, 1.807) is 19.2 Å². The van der Waals surface area contributed by atoms with Crippen molar-refractivity contribution in [2.24, 2.45) is 11.8 Å². The van der Waals surface area contributed by atoms with Gasteiger partial charge in [-0.2, -0.15) is 0 Å². The van der Waals surface area contributed by atoms with Crippen LogP contribution in [0.2, 0.25) is 0 Å². The number of hydrogen-bond acceptors (Lipinski definition) is 5. The molecule has 0 aliphatic carbocycles. The van der Waals surface area contributed by atoms with Gasteiger partial charge in [0.05, 0.1) is 17.9 Å². The topological polar surface area (TPSA) is 66.9 Å². The van der Waals surface area contributed by atoms with Gasteiger partial charge >= 0.3 is 0 Å². The van der Waals surface area contributed by atoms with Gasteiger partial charge in [0, 0.05) is 31.5 Å². The van der Waals surface area contributed by atoms with Crippen LogP contribution in [0.25, 0.3) is 6.08 Å². The van der Waals surface area contributed by atoms with Crippen LogP contribution in [-0.4, -0.2) is 54.8 Å². The van der Waals surface area contributed by atoms with Crippen LogP contribution >= 0.6 is 0 Å². The highest BCUT2D eigenvalue weighted by Crippen LogP contribution is 2.48. The van der Waals surface area contributed by atoms with Gasteiger partial charge in [-0.1, -0.05) is 60.7 Å². The Bertz CT molecular complexity index is 1060. The maximum absolute atomic E-state index is 13.7. The van der Waals surface area contributed by atoms with Gasteiger partial charge in [-0.05, 0) is 18.1 Å². The van der Waals surface area contributed by atoms with Gasteiger partial charge in [-0.15, -0.1) is 0 Å². The molecule has 4 atom stereocenters. The fourth-order valence-corrected chi connectivity index (χ4v) is 5.24. The van der Waals surface area contributed by atoms with Crippen LogP contribution in [0.5, 0.6) is 0 Å². The van der Waals surface area contributed by atoms with E-state index >= 15 is 0 Å². The molecule has 6 nitrogen and oxygen atoms in total. The SMILES string of the molecule is COCCCN1C(=O)C2C(C1=O)C(C(=O)c1ccccc1)N1c3ccccc3C=CC21. The van der Waals surface area contributed by atoms with Crippen LogP contribution in [0.4, 0.5) is 5.69 Å². The van der Waals surface area contributed by atoms with Gasteiger partial charge in [-0.3, -0.25) is 19.3 Å². The second-order valence-corrected chi connectivity index (χ2v) is 8.22. The number of ketones is 1. The lowest BCUT2D eigenvalue weighted by atomic mass is 9.86. The predicted molar refractivity (Wildman–Crippen MR) is 116 cm³/mol. The first-order valence-corrected chi connectivity index (χ1v) is 10.6. The van der Waals surface area contributed by atoms with Crippen LogP contribution in [0.1, 0.15) is 22.3 Å². The van der Waals surface area contributed by atoms with E-state index in [0.29, 0.717) is 25.1 Å². The number of fused-ring (bicyclic) bond motifs is 5. The average molecular weight is 416 g/mol. The number of likely N-dealkylation sites (tertiary alicyclic amines) is 1. The third-order valence-electron chi connectivity index (χ3n) is 6.56. The number of carbonyl (C=O) groups is 3. The zero-order chi connectivity index (χ0) is 21.5. The summed E-state index contributed by atoms with van der Waals surface area (Å²) >= 11 is 0. The van der Waals surface area contributed by atoms with E-state index in [9.17, 15) is 14.4 Å². The maximum Gasteiger partial charge on any atom is 0.235 e. The number of nitrogens with zero attached hydrogens (tertiary/aromatic N) is 2. The summed E-state index contributed by atoms with van der Waals surface area (Å²) in [4.78, 5) is 43.9. The van der Waals surface area contributed by atoms with E-state index < -0.39 is 17.9 Å². The fraction of sp³-hybridized carbons (Fsp3) is 0.320. The van der Waals surface area contributed by atoms with Gasteiger partial charge in [0.1, 0.15) is 6.04 Å². The van der Waals surface area contributed by atoms with Crippen molar-refractivity contribution in [1.29, 1.82) is 0 Å². The van der Waals surface area contributed by atoms with E-state index in [-0.39, 0.29) is 23.6 Å². The lowest BCUT2D eigenvalue weighted by Gasteiger charge is -2.36. The smallest absolute Gasteiger partial charge is 0.235 e. The molecular weight excluding hydrogens is 392 g/mol. The Labute approximate surface area is 181 Å². The molecule has 31 heavy (non-hydrogen) atoms. The number of anilines is 1. The molecule has 0 spiro atoms. The Morgan fingerprint density at radius 1 is 0.968 bits per heavy atom. The van der Waals surface area contributed by atoms with Crippen LogP contribution in [-0.2, 0) is 14.3 Å². The van der Waals surface area contributed by atoms with E-state index in [2.05, 4.69) is 0 Å². The summed E-state index contributed by atoms with van der Waals surface area (Å²) in [5.74, 6) is -1.81. The van der Waals surface area contributed by atoms with Crippen molar-refractivity contribution in [1.82, 2.24) is 4.90 Å². The van der Waals surface area contributed by atoms with Crippen molar-refractivity contribution in [2.75, 3.05) is 25.2 Å². The molecule has 2 saturated heterocycles. The standard InChI is InChI=1S/C25H24N2O4/c1-31-15-7-14-26-24(29)20-19-13-12-16-8-5-6-11-18(16)27(19)22(21(20)25(26)30)23(28)17-9-3-2-4-10-17/h2-6,8-13,19-22H,7,14-15H2,1H3. The molecule has 3 heterocycles. The van der Waals surface area contributed by atoms with E-state index in [1.165, 1.54) is 4.90 Å². The molecular formula is C25H24N2O4. The molecule has 3 aliphatic rings. The summed E-state index contributed by atoms with van der Waals surface area (Å²) in [6.07, 6.45) is 4.55. The first-order chi connectivity index (χ1) is 15.1. The van der Waals surface area contributed by atoms with Crippen molar-refractivity contribution in [3.05, 3.63) is 71.8 Å². The fourth-order valence-electron chi connectivity index (χ4n) is 5.24. The number of ether oxygens (including phenoxy) is 1. The number of benzene rings is 2. The zero-order valence-electron chi connectivity index (χ0n) is 17.3. The van der Waals surface area contributed by atoms with Crippen LogP contribution in [0, 0.1) is 11.8 Å². The van der Waals surface area contributed by atoms with Gasteiger partial charge in [0.25, 0.3) is 0 Å². The third kappa shape index (κ3) is 3.01. The van der Waals surface area contributed by atoms with Crippen molar-refractivity contribution in [3.63, 3.8) is 0 Å². The number of methoxy groups -OCH3 is 1. The maximum atomic E-state index is 13.7. The number of imide groups is 1. The molecule has 0 aromatic heterocycles. The summed E-state index contributed by atoms with van der Waals surface area (Å²) < 4.78 is 5.09. The number of carbonyl (C=O) groups excluding carboxylic acids is 3. The van der Waals surface area contributed by atoms with Gasteiger partial charge in [-0.25, -0.2) is 0 Å². The first-order valence-electron chi connectivity index (χ1n) is 10.6. The first kappa shape index (κ1) is 19.7. The minimum absolute atomic E-state index is 0.122. The molecule has 3 aliphatic heterocycles. The Hall–Kier alpha value is -3.25. The van der Waals surface area contributed by atoms with Gasteiger partial charge in [0.2, 0.25) is 11.8 Å². The van der Waals surface area contributed by atoms with Gasteiger partial charge < -0.3 is 9.64 Å². The molecule has 0 radical (unpaired) electrons. The Morgan fingerprint density at radius 2 is 1.68 bits per heavy atom. The molecule has 0 bridgehead atoms. The second-order valence-electron chi connectivity index (χ2n) is 8.22. The Kier molecular flexibility index (Phi) is 4.94. The highest BCUT2D eigenvalue weighted by atomic mass is 16.5. The molecule has 2 amide bonds. The third-order valence-corrected chi connectivity index (χ3v) is 6.56. The van der Waals surface area contributed by atoms with Crippen molar-refractivity contribution < 1.29 is 19.1 Å². The number of rotatable bonds is 6. The van der Waals surface area contributed by atoms with Crippen molar-refractivity contribution in [2.45, 2.75) is 18.5 Å². The Morgan fingerprint density at radius 3 is 2.45 bits per heavy atom. The number of amides is 2. The molecule has 6 heteroatoms. The second kappa shape index (κ2) is 7.78. The number of Topliss-reactive ketones (excluding diaryl/α,β-unsaturated/α-hetero) is 1. The summed E-state index contributed by atoms with van der Waals surface area (Å²) in [7, 11) is 1.60. The molecule has 158 valence electrons. The highest BCUT2D eigenvalue weighted by Gasteiger charge is 2.63. The van der Waals surface area contributed by atoms with Gasteiger partial charge in [0.15, 0.2) is 5.78 Å². The molecule has 2 aromatic rings. The summed E-state index contributed by atoms with van der Waals surface area (Å²) in [6, 6.07) is 15.8. The summed E-state index contributed by atoms with van der Waals surface area (Å²) in [5, 5.41) is 0. The zero-order valence-corrected chi connectivity index (χ0v) is 17.3. The molecule has 4 unspecified atom stereocenters. The molecule has 5 rings (SSSR count). The molecule has 2 aromatic carbocycles. The average Bonchev–Trinajstić information content (AvgIpc) is 3.28.